The first kappa shape index (κ1) is 17.5. The molecule has 24 heavy (non-hydrogen) atoms. The molecule has 2 aromatic rings. The highest BCUT2D eigenvalue weighted by Gasteiger charge is 2.05. The normalized spacial score (nSPS) is 10.8. The van der Waals surface area contributed by atoms with Gasteiger partial charge in [0.1, 0.15) is 0 Å². The van der Waals surface area contributed by atoms with E-state index in [2.05, 4.69) is 19.2 Å². The SMILES string of the molecule is CC(C)c1ccc(C=CC(=O)OCC(=O)Nc2ccccc2)cc1. The molecule has 2 aromatic carbocycles. The summed E-state index contributed by atoms with van der Waals surface area (Å²) in [6.45, 7) is 3.94. The first-order valence-electron chi connectivity index (χ1n) is 7.84. The van der Waals surface area contributed by atoms with Crippen molar-refractivity contribution in [3.63, 3.8) is 0 Å². The maximum absolute atomic E-state index is 11.7. The van der Waals surface area contributed by atoms with Gasteiger partial charge in [0, 0.05) is 11.8 Å². The number of esters is 1. The third kappa shape index (κ3) is 5.72. The number of anilines is 1. The second kappa shape index (κ2) is 8.67. The largest absolute Gasteiger partial charge is 0.452 e. The first-order valence-corrected chi connectivity index (χ1v) is 7.84. The molecule has 2 rings (SSSR count). The molecule has 0 saturated heterocycles. The van der Waals surface area contributed by atoms with Crippen molar-refractivity contribution in [1.29, 1.82) is 0 Å². The minimum absolute atomic E-state index is 0.315. The highest BCUT2D eigenvalue weighted by atomic mass is 16.5. The van der Waals surface area contributed by atoms with Crippen LogP contribution in [0.5, 0.6) is 0 Å². The van der Waals surface area contributed by atoms with Gasteiger partial charge in [-0.2, -0.15) is 0 Å². The second-order valence-corrected chi connectivity index (χ2v) is 5.68. The Balaban J connectivity index is 1.79. The molecule has 0 atom stereocenters. The summed E-state index contributed by atoms with van der Waals surface area (Å²) in [6, 6.07) is 17.0. The predicted octanol–water partition coefficient (Wildman–Crippen LogP) is 4.01. The summed E-state index contributed by atoms with van der Waals surface area (Å²) in [5.41, 5.74) is 2.82. The average molecular weight is 323 g/mol. The zero-order valence-corrected chi connectivity index (χ0v) is 13.9. The number of rotatable bonds is 6. The van der Waals surface area contributed by atoms with Crippen LogP contribution in [-0.2, 0) is 14.3 Å². The lowest BCUT2D eigenvalue weighted by molar-refractivity contribution is -0.142. The Morgan fingerprint density at radius 2 is 1.71 bits per heavy atom. The van der Waals surface area contributed by atoms with Crippen molar-refractivity contribution < 1.29 is 14.3 Å². The number of carbonyl (C=O) groups excluding carboxylic acids is 2. The predicted molar refractivity (Wildman–Crippen MR) is 95.6 cm³/mol. The minimum Gasteiger partial charge on any atom is -0.452 e. The first-order chi connectivity index (χ1) is 11.5. The Labute approximate surface area is 142 Å². The molecule has 0 unspecified atom stereocenters. The summed E-state index contributed by atoms with van der Waals surface area (Å²) < 4.78 is 4.92. The second-order valence-electron chi connectivity index (χ2n) is 5.68. The molecule has 0 aliphatic heterocycles. The minimum atomic E-state index is -0.550. The Hall–Kier alpha value is -2.88. The molecule has 0 spiro atoms. The monoisotopic (exact) mass is 323 g/mol. The molecule has 1 amide bonds. The zero-order valence-electron chi connectivity index (χ0n) is 13.9. The summed E-state index contributed by atoms with van der Waals surface area (Å²) >= 11 is 0. The van der Waals surface area contributed by atoms with Crippen molar-refractivity contribution in [3.8, 4) is 0 Å². The third-order valence-electron chi connectivity index (χ3n) is 3.42. The number of para-hydroxylation sites is 1. The average Bonchev–Trinajstić information content (AvgIpc) is 2.59. The molecule has 0 fully saturated rings. The molecule has 0 radical (unpaired) electrons. The van der Waals surface area contributed by atoms with Gasteiger partial charge in [-0.05, 0) is 35.3 Å². The fourth-order valence-electron chi connectivity index (χ4n) is 2.06. The summed E-state index contributed by atoms with van der Waals surface area (Å²) in [7, 11) is 0. The summed E-state index contributed by atoms with van der Waals surface area (Å²) in [5, 5.41) is 2.65. The maximum Gasteiger partial charge on any atom is 0.331 e. The van der Waals surface area contributed by atoms with Gasteiger partial charge in [-0.15, -0.1) is 0 Å². The van der Waals surface area contributed by atoms with E-state index in [1.54, 1.807) is 18.2 Å². The number of ether oxygens (including phenoxy) is 1. The van der Waals surface area contributed by atoms with Crippen LogP contribution in [0.1, 0.15) is 30.9 Å². The van der Waals surface area contributed by atoms with Crippen molar-refractivity contribution in [1.82, 2.24) is 0 Å². The fraction of sp³-hybridized carbons (Fsp3) is 0.200. The van der Waals surface area contributed by atoms with Crippen molar-refractivity contribution in [2.24, 2.45) is 0 Å². The van der Waals surface area contributed by atoms with Crippen LogP contribution in [-0.4, -0.2) is 18.5 Å². The highest BCUT2D eigenvalue weighted by molar-refractivity contribution is 5.94. The van der Waals surface area contributed by atoms with Crippen molar-refractivity contribution in [2.75, 3.05) is 11.9 Å². The van der Waals surface area contributed by atoms with E-state index >= 15 is 0 Å². The lowest BCUT2D eigenvalue weighted by Crippen LogP contribution is -2.20. The number of benzene rings is 2. The molecule has 124 valence electrons. The van der Waals surface area contributed by atoms with E-state index < -0.39 is 5.97 Å². The van der Waals surface area contributed by atoms with E-state index in [4.69, 9.17) is 4.74 Å². The molecule has 0 bridgehead atoms. The molecule has 4 heteroatoms. The van der Waals surface area contributed by atoms with E-state index in [1.807, 2.05) is 42.5 Å². The topological polar surface area (TPSA) is 55.4 Å². The van der Waals surface area contributed by atoms with Gasteiger partial charge in [-0.25, -0.2) is 4.79 Å². The molecule has 0 saturated carbocycles. The van der Waals surface area contributed by atoms with E-state index in [-0.39, 0.29) is 12.5 Å². The highest BCUT2D eigenvalue weighted by Crippen LogP contribution is 2.15. The summed E-state index contributed by atoms with van der Waals surface area (Å²) in [6.07, 6.45) is 2.99. The number of amides is 1. The van der Waals surface area contributed by atoms with E-state index in [0.29, 0.717) is 11.6 Å². The van der Waals surface area contributed by atoms with Gasteiger partial charge in [0.25, 0.3) is 5.91 Å². The van der Waals surface area contributed by atoms with Crippen LogP contribution in [0.4, 0.5) is 5.69 Å². The fourth-order valence-corrected chi connectivity index (χ4v) is 2.06. The Morgan fingerprint density at radius 3 is 2.33 bits per heavy atom. The van der Waals surface area contributed by atoms with Crippen molar-refractivity contribution in [2.45, 2.75) is 19.8 Å². The van der Waals surface area contributed by atoms with E-state index in [0.717, 1.165) is 5.56 Å². The molecule has 0 aliphatic carbocycles. The lowest BCUT2D eigenvalue weighted by Gasteiger charge is -2.05. The van der Waals surface area contributed by atoms with Crippen molar-refractivity contribution in [3.05, 3.63) is 71.8 Å². The number of nitrogens with one attached hydrogen (secondary N) is 1. The van der Waals surface area contributed by atoms with Crippen LogP contribution in [0.3, 0.4) is 0 Å². The van der Waals surface area contributed by atoms with Crippen molar-refractivity contribution >= 4 is 23.6 Å². The molecule has 1 N–H and O–H groups in total. The van der Waals surface area contributed by atoms with Gasteiger partial charge in [0.05, 0.1) is 0 Å². The van der Waals surface area contributed by atoms with E-state index in [9.17, 15) is 9.59 Å². The molecule has 0 heterocycles. The van der Waals surface area contributed by atoms with Crippen LogP contribution < -0.4 is 5.32 Å². The smallest absolute Gasteiger partial charge is 0.331 e. The lowest BCUT2D eigenvalue weighted by atomic mass is 10.0. The van der Waals surface area contributed by atoms with Gasteiger partial charge in [0.15, 0.2) is 6.61 Å². The summed E-state index contributed by atoms with van der Waals surface area (Å²) in [5.74, 6) is -0.452. The van der Waals surface area contributed by atoms with Crippen LogP contribution >= 0.6 is 0 Å². The molecular formula is C20H21NO3. The van der Waals surface area contributed by atoms with Gasteiger partial charge >= 0.3 is 5.97 Å². The number of hydrogen-bond acceptors (Lipinski definition) is 3. The number of carbonyl (C=O) groups is 2. The molecular weight excluding hydrogens is 302 g/mol. The van der Waals surface area contributed by atoms with Gasteiger partial charge < -0.3 is 10.1 Å². The van der Waals surface area contributed by atoms with Gasteiger partial charge in [-0.3, -0.25) is 4.79 Å². The van der Waals surface area contributed by atoms with Gasteiger partial charge in [-0.1, -0.05) is 56.3 Å². The van der Waals surface area contributed by atoms with Crippen LogP contribution in [0, 0.1) is 0 Å². The van der Waals surface area contributed by atoms with Gasteiger partial charge in [0.2, 0.25) is 0 Å². The molecule has 0 aromatic heterocycles. The zero-order chi connectivity index (χ0) is 17.4. The molecule has 0 aliphatic rings. The standard InChI is InChI=1S/C20H21NO3/c1-15(2)17-11-8-16(9-12-17)10-13-20(23)24-14-19(22)21-18-6-4-3-5-7-18/h3-13,15H,14H2,1-2H3,(H,21,22). The Morgan fingerprint density at radius 1 is 1.04 bits per heavy atom. The summed E-state index contributed by atoms with van der Waals surface area (Å²) in [4.78, 5) is 23.3. The Kier molecular flexibility index (Phi) is 6.32. The van der Waals surface area contributed by atoms with Crippen LogP contribution in [0.2, 0.25) is 0 Å². The third-order valence-corrected chi connectivity index (χ3v) is 3.42. The molecule has 4 nitrogen and oxygen atoms in total. The van der Waals surface area contributed by atoms with Crippen LogP contribution in [0.15, 0.2) is 60.7 Å². The maximum atomic E-state index is 11.7. The number of hydrogen-bond donors (Lipinski definition) is 1. The quantitative estimate of drug-likeness (QED) is 0.645. The van der Waals surface area contributed by atoms with Crippen LogP contribution in [0.25, 0.3) is 6.08 Å². The van der Waals surface area contributed by atoms with E-state index in [1.165, 1.54) is 11.6 Å². The Bertz CT molecular complexity index is 703.